The molecule has 0 saturated carbocycles. The molecule has 40 heavy (non-hydrogen) atoms. The monoisotopic (exact) mass is 573 g/mol. The van der Waals surface area contributed by atoms with Crippen molar-refractivity contribution in [3.63, 3.8) is 0 Å². The van der Waals surface area contributed by atoms with Crippen molar-refractivity contribution in [2.45, 2.75) is 110 Å². The highest BCUT2D eigenvalue weighted by Gasteiger charge is 2.38. The van der Waals surface area contributed by atoms with Crippen LogP contribution in [0.3, 0.4) is 0 Å². The Morgan fingerprint density at radius 3 is 2.12 bits per heavy atom. The van der Waals surface area contributed by atoms with E-state index in [0.717, 1.165) is 33.6 Å². The van der Waals surface area contributed by atoms with Gasteiger partial charge in [0, 0.05) is 23.2 Å². The molecule has 2 unspecified atom stereocenters. The zero-order valence-corrected chi connectivity index (χ0v) is 26.8. The molecule has 1 aromatic carbocycles. The number of aromatic nitrogens is 1. The van der Waals surface area contributed by atoms with Crippen LogP contribution in [0.25, 0.3) is 17.2 Å². The summed E-state index contributed by atoms with van der Waals surface area (Å²) in [6.45, 7) is 19.8. The lowest BCUT2D eigenvalue weighted by molar-refractivity contribution is -0.143. The third kappa shape index (κ3) is 8.80. The number of aliphatic hydroxyl groups is 2. The molecule has 0 aliphatic carbocycles. The van der Waals surface area contributed by atoms with Crippen LogP contribution in [0.15, 0.2) is 30.3 Å². The minimum Gasteiger partial charge on any atom is -0.469 e. The van der Waals surface area contributed by atoms with Crippen molar-refractivity contribution < 1.29 is 28.6 Å². The minimum absolute atomic E-state index is 0.0181. The van der Waals surface area contributed by atoms with E-state index in [0.29, 0.717) is 6.61 Å². The Kier molecular flexibility index (Phi) is 11.8. The van der Waals surface area contributed by atoms with Crippen LogP contribution in [-0.2, 0) is 20.6 Å². The number of hydrogen-bond donors (Lipinski definition) is 2. The molecule has 6 nitrogen and oxygen atoms in total. The molecule has 2 N–H and O–H groups in total. The number of esters is 1. The molecule has 0 radical (unpaired) electrons. The number of rotatable bonds is 12. The predicted molar refractivity (Wildman–Crippen MR) is 162 cm³/mol. The smallest absolute Gasteiger partial charge is 0.308 e. The van der Waals surface area contributed by atoms with E-state index >= 15 is 0 Å². The lowest BCUT2D eigenvalue weighted by Gasteiger charge is -2.37. The normalized spacial score (nSPS) is 14.3. The largest absolute Gasteiger partial charge is 0.469 e. The van der Waals surface area contributed by atoms with Gasteiger partial charge in [-0.3, -0.25) is 9.78 Å². The average molecular weight is 574 g/mol. The Labute approximate surface area is 240 Å². The van der Waals surface area contributed by atoms with Gasteiger partial charge in [-0.1, -0.05) is 72.8 Å². The Morgan fingerprint density at radius 2 is 1.62 bits per heavy atom. The van der Waals surface area contributed by atoms with Gasteiger partial charge in [-0.15, -0.1) is 0 Å². The van der Waals surface area contributed by atoms with Crippen molar-refractivity contribution in [3.8, 4) is 11.1 Å². The zero-order valence-electron chi connectivity index (χ0n) is 25.8. The van der Waals surface area contributed by atoms with Crippen LogP contribution in [0, 0.1) is 5.82 Å². The molecular formula is C32H48FNO5Si. The zero-order chi connectivity index (χ0) is 30.4. The summed E-state index contributed by atoms with van der Waals surface area (Å²) in [5.74, 6) is -0.679. The molecule has 2 aromatic rings. The van der Waals surface area contributed by atoms with E-state index in [9.17, 15) is 19.4 Å². The van der Waals surface area contributed by atoms with Gasteiger partial charge >= 0.3 is 5.97 Å². The van der Waals surface area contributed by atoms with Crippen molar-refractivity contribution in [2.75, 3.05) is 7.11 Å². The van der Waals surface area contributed by atoms with E-state index in [-0.39, 0.29) is 35.5 Å². The summed E-state index contributed by atoms with van der Waals surface area (Å²) in [5.41, 5.74) is 5.31. The number of halogens is 1. The summed E-state index contributed by atoms with van der Waals surface area (Å²) in [6, 6.07) is 6.43. The molecule has 0 fully saturated rings. The molecule has 0 saturated heterocycles. The van der Waals surface area contributed by atoms with Gasteiger partial charge in [0.1, 0.15) is 5.82 Å². The fourth-order valence-corrected chi connectivity index (χ4v) is 5.19. The number of aliphatic hydroxyl groups excluding tert-OH is 2. The summed E-state index contributed by atoms with van der Waals surface area (Å²) in [7, 11) is -0.854. The van der Waals surface area contributed by atoms with Crippen molar-refractivity contribution in [1.82, 2.24) is 4.98 Å². The van der Waals surface area contributed by atoms with Crippen LogP contribution in [0.2, 0.25) is 18.1 Å². The van der Waals surface area contributed by atoms with Gasteiger partial charge in [-0.25, -0.2) is 4.39 Å². The number of ether oxygens (including phenoxy) is 1. The SMILES string of the molecule is COC(=O)CC(O)CC(O)/C=C/c1c(C(C)C)nc(C(C)C)c(CO[Si](C)(C)C(C)(C)C)c1-c1ccc(F)cc1. The van der Waals surface area contributed by atoms with Crippen LogP contribution in [0.5, 0.6) is 0 Å². The summed E-state index contributed by atoms with van der Waals surface area (Å²) < 4.78 is 25.3. The average Bonchev–Trinajstić information content (AvgIpc) is 2.85. The van der Waals surface area contributed by atoms with Gasteiger partial charge in [0.15, 0.2) is 8.32 Å². The number of carbonyl (C=O) groups is 1. The summed E-state index contributed by atoms with van der Waals surface area (Å²) in [6.07, 6.45) is 1.19. The first-order chi connectivity index (χ1) is 18.5. The van der Waals surface area contributed by atoms with Crippen molar-refractivity contribution >= 4 is 20.4 Å². The van der Waals surface area contributed by atoms with Crippen LogP contribution < -0.4 is 0 Å². The van der Waals surface area contributed by atoms with Crippen LogP contribution in [0.1, 0.15) is 95.7 Å². The highest BCUT2D eigenvalue weighted by atomic mass is 28.4. The molecule has 2 atom stereocenters. The third-order valence-corrected chi connectivity index (χ3v) is 12.1. The Morgan fingerprint density at radius 1 is 1.05 bits per heavy atom. The summed E-state index contributed by atoms with van der Waals surface area (Å²) >= 11 is 0. The second-order valence-electron chi connectivity index (χ2n) is 12.6. The van der Waals surface area contributed by atoms with E-state index in [1.165, 1.54) is 19.2 Å². The highest BCUT2D eigenvalue weighted by molar-refractivity contribution is 6.74. The summed E-state index contributed by atoms with van der Waals surface area (Å²) in [5, 5.41) is 21.0. The first-order valence-corrected chi connectivity index (χ1v) is 17.0. The van der Waals surface area contributed by atoms with E-state index in [1.807, 2.05) is 6.08 Å². The van der Waals surface area contributed by atoms with Gasteiger partial charge in [0.2, 0.25) is 0 Å². The van der Waals surface area contributed by atoms with E-state index in [4.69, 9.17) is 9.41 Å². The molecule has 0 bridgehead atoms. The number of pyridine rings is 1. The molecule has 222 valence electrons. The predicted octanol–water partition coefficient (Wildman–Crippen LogP) is 7.34. The molecule has 1 heterocycles. The third-order valence-electron chi connectivity index (χ3n) is 7.64. The molecule has 8 heteroatoms. The topological polar surface area (TPSA) is 88.9 Å². The van der Waals surface area contributed by atoms with E-state index in [2.05, 4.69) is 66.3 Å². The molecule has 1 aromatic heterocycles. The minimum atomic E-state index is -2.11. The van der Waals surface area contributed by atoms with Gasteiger partial charge in [-0.05, 0) is 53.2 Å². The van der Waals surface area contributed by atoms with Gasteiger partial charge in [0.05, 0.1) is 38.0 Å². The fraction of sp³-hybridized carbons (Fsp3) is 0.562. The number of benzene rings is 1. The number of hydrogen-bond acceptors (Lipinski definition) is 6. The molecule has 2 rings (SSSR count). The van der Waals surface area contributed by atoms with E-state index < -0.39 is 26.5 Å². The van der Waals surface area contributed by atoms with Crippen LogP contribution >= 0.6 is 0 Å². The fourth-order valence-electron chi connectivity index (χ4n) is 4.25. The Hall–Kier alpha value is -2.39. The maximum Gasteiger partial charge on any atom is 0.308 e. The van der Waals surface area contributed by atoms with Gasteiger partial charge in [0.25, 0.3) is 0 Å². The molecule has 0 aliphatic heterocycles. The quantitative estimate of drug-likeness (QED) is 0.204. The molecule has 0 aliphatic rings. The lowest BCUT2D eigenvalue weighted by Crippen LogP contribution is -2.40. The second kappa shape index (κ2) is 14.0. The second-order valence-corrected chi connectivity index (χ2v) is 17.4. The number of nitrogens with zero attached hydrogens (tertiary/aromatic N) is 1. The van der Waals surface area contributed by atoms with E-state index in [1.54, 1.807) is 18.2 Å². The molecule has 0 amide bonds. The maximum atomic E-state index is 14.0. The molecular weight excluding hydrogens is 525 g/mol. The highest BCUT2D eigenvalue weighted by Crippen LogP contribution is 2.41. The summed E-state index contributed by atoms with van der Waals surface area (Å²) in [4.78, 5) is 16.7. The lowest BCUT2D eigenvalue weighted by atomic mass is 9.87. The van der Waals surface area contributed by atoms with Gasteiger partial charge < -0.3 is 19.4 Å². The van der Waals surface area contributed by atoms with Gasteiger partial charge in [-0.2, -0.15) is 0 Å². The molecule has 0 spiro atoms. The van der Waals surface area contributed by atoms with Crippen LogP contribution in [0.4, 0.5) is 4.39 Å². The Balaban J connectivity index is 2.75. The van der Waals surface area contributed by atoms with Crippen molar-refractivity contribution in [3.05, 3.63) is 58.7 Å². The van der Waals surface area contributed by atoms with Crippen molar-refractivity contribution in [2.24, 2.45) is 0 Å². The van der Waals surface area contributed by atoms with Crippen molar-refractivity contribution in [1.29, 1.82) is 0 Å². The first kappa shape index (κ1) is 33.8. The number of methoxy groups -OCH3 is 1. The van der Waals surface area contributed by atoms with Crippen LogP contribution in [-0.4, -0.2) is 48.8 Å². The standard InChI is InChI=1S/C32H48FNO5Si/c1-20(2)30-26(16-15-24(35)17-25(36)18-28(37)38-8)29(22-11-13-23(33)14-12-22)27(31(34-30)21(3)4)19-39-40(9,10)32(5,6)7/h11-16,20-21,24-25,35-36H,17-19H2,1-10H3/b16-15+. The number of carbonyl (C=O) groups excluding carboxylic acids is 1. The Bertz CT molecular complexity index is 1170. The first-order valence-electron chi connectivity index (χ1n) is 14.1. The maximum absolute atomic E-state index is 14.0.